The average molecular weight is 303 g/mol. The summed E-state index contributed by atoms with van der Waals surface area (Å²) in [6, 6.07) is 15.9. The first-order chi connectivity index (χ1) is 11.2. The summed E-state index contributed by atoms with van der Waals surface area (Å²) in [5.41, 5.74) is 4.79. The number of hydrogen-bond donors (Lipinski definition) is 0. The zero-order valence-corrected chi connectivity index (χ0v) is 13.2. The molecule has 4 heteroatoms. The molecule has 114 valence electrons. The molecule has 0 saturated carbocycles. The van der Waals surface area contributed by atoms with Crippen molar-refractivity contribution < 1.29 is 4.79 Å². The van der Waals surface area contributed by atoms with E-state index >= 15 is 0 Å². The van der Waals surface area contributed by atoms with Gasteiger partial charge in [0.1, 0.15) is 0 Å². The SMILES string of the molecule is Cc1c(C(=O)Cn2cnc3ccccc32)c2ccccc2n1C. The van der Waals surface area contributed by atoms with Gasteiger partial charge in [-0.15, -0.1) is 0 Å². The number of carbonyl (C=O) groups is 1. The summed E-state index contributed by atoms with van der Waals surface area (Å²) >= 11 is 0. The number of aryl methyl sites for hydroxylation is 1. The lowest BCUT2D eigenvalue weighted by atomic mass is 10.1. The number of ketones is 1. The normalized spacial score (nSPS) is 11.4. The van der Waals surface area contributed by atoms with E-state index in [0.29, 0.717) is 6.54 Å². The highest BCUT2D eigenvalue weighted by atomic mass is 16.1. The first kappa shape index (κ1) is 13.8. The van der Waals surface area contributed by atoms with Crippen molar-refractivity contribution in [2.75, 3.05) is 0 Å². The van der Waals surface area contributed by atoms with Gasteiger partial charge in [0.2, 0.25) is 0 Å². The fourth-order valence-electron chi connectivity index (χ4n) is 3.24. The van der Waals surface area contributed by atoms with Crippen molar-refractivity contribution in [1.29, 1.82) is 0 Å². The minimum Gasteiger partial charge on any atom is -0.347 e. The number of benzene rings is 2. The van der Waals surface area contributed by atoms with Crippen LogP contribution in [0.5, 0.6) is 0 Å². The summed E-state index contributed by atoms with van der Waals surface area (Å²) in [6.07, 6.45) is 1.74. The van der Waals surface area contributed by atoms with E-state index in [0.717, 1.165) is 33.2 Å². The van der Waals surface area contributed by atoms with E-state index in [2.05, 4.69) is 9.55 Å². The molecule has 0 fully saturated rings. The molecule has 0 aliphatic carbocycles. The van der Waals surface area contributed by atoms with Gasteiger partial charge >= 0.3 is 0 Å². The third-order valence-corrected chi connectivity index (χ3v) is 4.52. The molecule has 0 radical (unpaired) electrons. The predicted molar refractivity (Wildman–Crippen MR) is 91.7 cm³/mol. The number of nitrogens with zero attached hydrogens (tertiary/aromatic N) is 3. The topological polar surface area (TPSA) is 39.8 Å². The Bertz CT molecular complexity index is 1040. The zero-order valence-electron chi connectivity index (χ0n) is 13.2. The van der Waals surface area contributed by atoms with Crippen molar-refractivity contribution in [3.8, 4) is 0 Å². The molecule has 0 saturated heterocycles. The first-order valence-corrected chi connectivity index (χ1v) is 7.64. The maximum Gasteiger partial charge on any atom is 0.184 e. The van der Waals surface area contributed by atoms with Crippen LogP contribution in [0, 0.1) is 6.92 Å². The largest absolute Gasteiger partial charge is 0.347 e. The summed E-state index contributed by atoms with van der Waals surface area (Å²) in [7, 11) is 2.00. The number of carbonyl (C=O) groups excluding carboxylic acids is 1. The molecular weight excluding hydrogens is 286 g/mol. The second kappa shape index (κ2) is 5.09. The third-order valence-electron chi connectivity index (χ3n) is 4.52. The fourth-order valence-corrected chi connectivity index (χ4v) is 3.24. The number of rotatable bonds is 3. The van der Waals surface area contributed by atoms with E-state index in [-0.39, 0.29) is 5.78 Å². The first-order valence-electron chi connectivity index (χ1n) is 7.64. The molecule has 0 bridgehead atoms. The maximum atomic E-state index is 12.9. The molecule has 0 aliphatic rings. The van der Waals surface area contributed by atoms with Gasteiger partial charge in [0, 0.05) is 29.2 Å². The summed E-state index contributed by atoms with van der Waals surface area (Å²) in [5, 5.41) is 1.02. The quantitative estimate of drug-likeness (QED) is 0.541. The lowest BCUT2D eigenvalue weighted by Gasteiger charge is -2.05. The van der Waals surface area contributed by atoms with Gasteiger partial charge in [-0.1, -0.05) is 30.3 Å². The second-order valence-electron chi connectivity index (χ2n) is 5.82. The van der Waals surface area contributed by atoms with Crippen molar-refractivity contribution in [2.24, 2.45) is 7.05 Å². The van der Waals surface area contributed by atoms with Crippen LogP contribution in [0.2, 0.25) is 0 Å². The standard InChI is InChI=1S/C19H17N3O/c1-13-19(14-7-3-5-9-16(14)21(13)2)18(23)11-22-12-20-15-8-4-6-10-17(15)22/h3-10,12H,11H2,1-2H3. The lowest BCUT2D eigenvalue weighted by Crippen LogP contribution is -2.11. The monoisotopic (exact) mass is 303 g/mol. The van der Waals surface area contributed by atoms with Crippen molar-refractivity contribution in [3.63, 3.8) is 0 Å². The molecule has 4 nitrogen and oxygen atoms in total. The Kier molecular flexibility index (Phi) is 3.05. The second-order valence-corrected chi connectivity index (χ2v) is 5.82. The maximum absolute atomic E-state index is 12.9. The minimum atomic E-state index is 0.113. The van der Waals surface area contributed by atoms with Gasteiger partial charge in [-0.2, -0.15) is 0 Å². The third kappa shape index (κ3) is 2.06. The molecular formula is C19H17N3O. The summed E-state index contributed by atoms with van der Waals surface area (Å²) < 4.78 is 3.99. The smallest absolute Gasteiger partial charge is 0.184 e. The van der Waals surface area contributed by atoms with Gasteiger partial charge in [-0.25, -0.2) is 4.98 Å². The highest BCUT2D eigenvalue weighted by Crippen LogP contribution is 2.26. The van der Waals surface area contributed by atoms with Crippen LogP contribution in [-0.4, -0.2) is 19.9 Å². The van der Waals surface area contributed by atoms with Gasteiger partial charge in [0.25, 0.3) is 0 Å². The number of Topliss-reactive ketones (excluding diaryl/α,β-unsaturated/α-hetero) is 1. The van der Waals surface area contributed by atoms with Crippen LogP contribution in [0.1, 0.15) is 16.1 Å². The van der Waals surface area contributed by atoms with Crippen LogP contribution < -0.4 is 0 Å². The Morgan fingerprint density at radius 2 is 1.74 bits per heavy atom. The summed E-state index contributed by atoms with van der Waals surface area (Å²) in [5.74, 6) is 0.113. The zero-order chi connectivity index (χ0) is 16.0. The lowest BCUT2D eigenvalue weighted by molar-refractivity contribution is 0.0974. The Hall–Kier alpha value is -2.88. The molecule has 0 unspecified atom stereocenters. The molecule has 2 aromatic carbocycles. The van der Waals surface area contributed by atoms with Gasteiger partial charge < -0.3 is 9.13 Å². The number of para-hydroxylation sites is 3. The van der Waals surface area contributed by atoms with Crippen LogP contribution in [0.15, 0.2) is 54.9 Å². The molecule has 23 heavy (non-hydrogen) atoms. The minimum absolute atomic E-state index is 0.113. The van der Waals surface area contributed by atoms with Crippen LogP contribution in [0.4, 0.5) is 0 Å². The number of aromatic nitrogens is 3. The Morgan fingerprint density at radius 1 is 1.04 bits per heavy atom. The van der Waals surface area contributed by atoms with Crippen LogP contribution in [-0.2, 0) is 13.6 Å². The van der Waals surface area contributed by atoms with Crippen molar-refractivity contribution in [3.05, 3.63) is 66.1 Å². The highest BCUT2D eigenvalue weighted by molar-refractivity contribution is 6.09. The molecule has 4 rings (SSSR count). The highest BCUT2D eigenvalue weighted by Gasteiger charge is 2.19. The molecule has 0 amide bonds. The van der Waals surface area contributed by atoms with E-state index in [1.807, 2.05) is 67.1 Å². The molecule has 0 atom stereocenters. The van der Waals surface area contributed by atoms with E-state index in [1.54, 1.807) is 6.33 Å². The van der Waals surface area contributed by atoms with Gasteiger partial charge in [-0.05, 0) is 25.1 Å². The van der Waals surface area contributed by atoms with E-state index in [1.165, 1.54) is 0 Å². The van der Waals surface area contributed by atoms with Crippen LogP contribution in [0.25, 0.3) is 21.9 Å². The van der Waals surface area contributed by atoms with Gasteiger partial charge in [0.15, 0.2) is 5.78 Å². The van der Waals surface area contributed by atoms with E-state index in [4.69, 9.17) is 0 Å². The van der Waals surface area contributed by atoms with Crippen LogP contribution >= 0.6 is 0 Å². The van der Waals surface area contributed by atoms with Gasteiger partial charge in [0.05, 0.1) is 23.9 Å². The number of hydrogen-bond acceptors (Lipinski definition) is 2. The summed E-state index contributed by atoms with van der Waals surface area (Å²) in [4.78, 5) is 17.3. The Labute approximate surface area is 134 Å². The molecule has 2 aromatic heterocycles. The predicted octanol–water partition coefficient (Wildman–Crippen LogP) is 3.72. The van der Waals surface area contributed by atoms with Crippen LogP contribution in [0.3, 0.4) is 0 Å². The van der Waals surface area contributed by atoms with Crippen molar-refractivity contribution in [1.82, 2.24) is 14.1 Å². The number of imidazole rings is 1. The average Bonchev–Trinajstić information content (AvgIpc) is 3.08. The number of fused-ring (bicyclic) bond motifs is 2. The summed E-state index contributed by atoms with van der Waals surface area (Å²) in [6.45, 7) is 2.30. The fraction of sp³-hybridized carbons (Fsp3) is 0.158. The Balaban J connectivity index is 1.80. The Morgan fingerprint density at radius 3 is 2.57 bits per heavy atom. The molecule has 4 aromatic rings. The van der Waals surface area contributed by atoms with Crippen molar-refractivity contribution in [2.45, 2.75) is 13.5 Å². The molecule has 0 N–H and O–H groups in total. The molecule has 0 spiro atoms. The van der Waals surface area contributed by atoms with Gasteiger partial charge in [-0.3, -0.25) is 4.79 Å². The molecule has 2 heterocycles. The van der Waals surface area contributed by atoms with Crippen molar-refractivity contribution >= 4 is 27.7 Å². The van der Waals surface area contributed by atoms with E-state index in [9.17, 15) is 4.79 Å². The molecule has 0 aliphatic heterocycles. The van der Waals surface area contributed by atoms with E-state index < -0.39 is 0 Å².